The lowest BCUT2D eigenvalue weighted by molar-refractivity contribution is -0.150. The highest BCUT2D eigenvalue weighted by Crippen LogP contribution is 2.32. The molecular formula is C30H42O5. The Hall–Kier alpha value is -2.37. The van der Waals surface area contributed by atoms with Crippen LogP contribution in [0.4, 0.5) is 0 Å². The smallest absolute Gasteiger partial charge is 0.337 e. The van der Waals surface area contributed by atoms with Gasteiger partial charge in [-0.2, -0.15) is 0 Å². The van der Waals surface area contributed by atoms with Gasteiger partial charge in [-0.1, -0.05) is 76.3 Å². The van der Waals surface area contributed by atoms with Crippen LogP contribution >= 0.6 is 0 Å². The van der Waals surface area contributed by atoms with E-state index in [0.717, 1.165) is 50.2 Å². The summed E-state index contributed by atoms with van der Waals surface area (Å²) >= 11 is 0. The highest BCUT2D eigenvalue weighted by Gasteiger charge is 2.34. The molecule has 0 spiro atoms. The predicted octanol–water partition coefficient (Wildman–Crippen LogP) is 7.08. The van der Waals surface area contributed by atoms with E-state index in [0.29, 0.717) is 17.9 Å². The molecule has 3 rings (SSSR count). The summed E-state index contributed by atoms with van der Waals surface area (Å²) in [4.78, 5) is 12.1. The monoisotopic (exact) mass is 482 g/mol. The number of carbonyl (C=O) groups excluding carboxylic acids is 1. The number of rotatable bonds is 16. The Morgan fingerprint density at radius 2 is 1.74 bits per heavy atom. The second-order valence-electron chi connectivity index (χ2n) is 10.00. The van der Waals surface area contributed by atoms with Gasteiger partial charge in [0.25, 0.3) is 0 Å². The zero-order valence-electron chi connectivity index (χ0n) is 21.7. The molecule has 192 valence electrons. The summed E-state index contributed by atoms with van der Waals surface area (Å²) in [5.74, 6) is 0.342. The molecule has 5 nitrogen and oxygen atoms in total. The predicted molar refractivity (Wildman–Crippen MR) is 140 cm³/mol. The van der Waals surface area contributed by atoms with Gasteiger partial charge in [0.05, 0.1) is 45.2 Å². The van der Waals surface area contributed by atoms with Crippen LogP contribution in [0.25, 0.3) is 11.1 Å². The molecule has 35 heavy (non-hydrogen) atoms. The Kier molecular flexibility index (Phi) is 11.1. The highest BCUT2D eigenvalue weighted by molar-refractivity contribution is 5.91. The third-order valence-corrected chi connectivity index (χ3v) is 6.61. The van der Waals surface area contributed by atoms with Crippen LogP contribution in [0.1, 0.15) is 75.6 Å². The topological polar surface area (TPSA) is 54.0 Å². The van der Waals surface area contributed by atoms with Crippen LogP contribution in [-0.2, 0) is 14.2 Å². The summed E-state index contributed by atoms with van der Waals surface area (Å²) in [5, 5.41) is 0. The third-order valence-electron chi connectivity index (χ3n) is 6.61. The fraction of sp³-hybridized carbons (Fsp3) is 0.567. The van der Waals surface area contributed by atoms with Gasteiger partial charge >= 0.3 is 5.97 Å². The maximum atomic E-state index is 12.1. The number of unbranched alkanes of at least 4 members (excludes halogenated alkanes) is 4. The van der Waals surface area contributed by atoms with E-state index in [1.165, 1.54) is 39.2 Å². The Morgan fingerprint density at radius 1 is 1.00 bits per heavy atom. The van der Waals surface area contributed by atoms with Gasteiger partial charge in [0.15, 0.2) is 0 Å². The summed E-state index contributed by atoms with van der Waals surface area (Å²) in [5.41, 5.74) is 2.69. The number of hydrogen-bond donors (Lipinski definition) is 0. The first-order valence-corrected chi connectivity index (χ1v) is 13.1. The fourth-order valence-electron chi connectivity index (χ4n) is 4.38. The van der Waals surface area contributed by atoms with Crippen LogP contribution in [0.3, 0.4) is 0 Å². The largest absolute Gasteiger partial charge is 0.493 e. The van der Waals surface area contributed by atoms with Gasteiger partial charge in [-0.05, 0) is 43.0 Å². The molecule has 1 atom stereocenters. The van der Waals surface area contributed by atoms with Crippen LogP contribution < -0.4 is 4.74 Å². The van der Waals surface area contributed by atoms with Crippen molar-refractivity contribution in [1.29, 1.82) is 0 Å². The van der Waals surface area contributed by atoms with Crippen molar-refractivity contribution in [2.24, 2.45) is 5.41 Å². The van der Waals surface area contributed by atoms with Crippen molar-refractivity contribution in [3.8, 4) is 16.9 Å². The minimum atomic E-state index is -0.362. The summed E-state index contributed by atoms with van der Waals surface area (Å²) in [6.07, 6.45) is 9.54. The van der Waals surface area contributed by atoms with Gasteiger partial charge in [0.2, 0.25) is 0 Å². The zero-order valence-corrected chi connectivity index (χ0v) is 21.7. The summed E-state index contributed by atoms with van der Waals surface area (Å²) in [6, 6.07) is 15.6. The average Bonchev–Trinajstić information content (AvgIpc) is 2.87. The van der Waals surface area contributed by atoms with Gasteiger partial charge in [0.1, 0.15) is 5.75 Å². The van der Waals surface area contributed by atoms with E-state index in [4.69, 9.17) is 18.9 Å². The molecule has 1 unspecified atom stereocenters. The van der Waals surface area contributed by atoms with Crippen LogP contribution in [0, 0.1) is 5.41 Å². The minimum absolute atomic E-state index is 0.163. The zero-order chi connectivity index (χ0) is 24.9. The number of carbonyl (C=O) groups is 1. The van der Waals surface area contributed by atoms with Gasteiger partial charge in [-0.3, -0.25) is 0 Å². The van der Waals surface area contributed by atoms with Crippen molar-refractivity contribution in [2.45, 2.75) is 71.3 Å². The van der Waals surface area contributed by atoms with E-state index < -0.39 is 0 Å². The minimum Gasteiger partial charge on any atom is -0.493 e. The van der Waals surface area contributed by atoms with E-state index in [-0.39, 0.29) is 17.5 Å². The number of esters is 1. The molecule has 0 amide bonds. The fourth-order valence-corrected chi connectivity index (χ4v) is 4.38. The van der Waals surface area contributed by atoms with E-state index in [2.05, 4.69) is 13.8 Å². The standard InChI is InChI=1S/C30H42O5/c1-4-5-6-7-11-15-26(35-23-30(2)21-33-22-30)16-12-19-34-28-20-25(29(31)32-3)17-18-27(28)24-13-9-8-10-14-24/h8-10,13-14,17-18,20,26H,4-7,11-12,15-16,19,21-23H2,1-3H3. The number of ether oxygens (including phenoxy) is 4. The molecule has 0 N–H and O–H groups in total. The lowest BCUT2D eigenvalue weighted by atomic mass is 9.90. The quantitative estimate of drug-likeness (QED) is 0.189. The first kappa shape index (κ1) is 27.2. The molecule has 2 aromatic rings. The van der Waals surface area contributed by atoms with E-state index in [1.54, 1.807) is 12.1 Å². The van der Waals surface area contributed by atoms with Gasteiger partial charge in [-0.15, -0.1) is 0 Å². The maximum Gasteiger partial charge on any atom is 0.337 e. The van der Waals surface area contributed by atoms with Crippen molar-refractivity contribution in [1.82, 2.24) is 0 Å². The van der Waals surface area contributed by atoms with Crippen LogP contribution in [0.15, 0.2) is 48.5 Å². The molecule has 1 aliphatic heterocycles. The Bertz CT molecular complexity index is 891. The molecule has 2 aromatic carbocycles. The third kappa shape index (κ3) is 8.66. The summed E-state index contributed by atoms with van der Waals surface area (Å²) in [6.45, 7) is 7.39. The lowest BCUT2D eigenvalue weighted by Crippen LogP contribution is -2.44. The Morgan fingerprint density at radius 3 is 2.43 bits per heavy atom. The van der Waals surface area contributed by atoms with E-state index in [9.17, 15) is 4.79 Å². The number of hydrogen-bond acceptors (Lipinski definition) is 5. The molecule has 1 aliphatic rings. The summed E-state index contributed by atoms with van der Waals surface area (Å²) < 4.78 is 22.9. The molecule has 5 heteroatoms. The van der Waals surface area contributed by atoms with Crippen molar-refractivity contribution < 1.29 is 23.7 Å². The molecule has 0 bridgehead atoms. The second kappa shape index (κ2) is 14.3. The van der Waals surface area contributed by atoms with Crippen LogP contribution in [0.2, 0.25) is 0 Å². The van der Waals surface area contributed by atoms with E-state index in [1.807, 2.05) is 36.4 Å². The molecule has 0 radical (unpaired) electrons. The molecule has 1 fully saturated rings. The van der Waals surface area contributed by atoms with Gasteiger partial charge in [-0.25, -0.2) is 4.79 Å². The number of benzene rings is 2. The van der Waals surface area contributed by atoms with Gasteiger partial charge < -0.3 is 18.9 Å². The van der Waals surface area contributed by atoms with E-state index >= 15 is 0 Å². The van der Waals surface area contributed by atoms with Crippen molar-refractivity contribution in [3.63, 3.8) is 0 Å². The van der Waals surface area contributed by atoms with Crippen molar-refractivity contribution in [2.75, 3.05) is 33.5 Å². The van der Waals surface area contributed by atoms with Crippen LogP contribution in [-0.4, -0.2) is 45.6 Å². The SMILES string of the molecule is CCCCCCCC(CCCOc1cc(C(=O)OC)ccc1-c1ccccc1)OCC1(C)COC1. The van der Waals surface area contributed by atoms with Crippen molar-refractivity contribution >= 4 is 5.97 Å². The number of methoxy groups -OCH3 is 1. The first-order chi connectivity index (χ1) is 17.0. The second-order valence-corrected chi connectivity index (χ2v) is 10.00. The lowest BCUT2D eigenvalue weighted by Gasteiger charge is -2.38. The molecular weight excluding hydrogens is 440 g/mol. The average molecular weight is 483 g/mol. The first-order valence-electron chi connectivity index (χ1n) is 13.1. The maximum absolute atomic E-state index is 12.1. The normalized spacial score (nSPS) is 15.3. The molecule has 1 heterocycles. The molecule has 0 aromatic heterocycles. The van der Waals surface area contributed by atoms with Crippen LogP contribution in [0.5, 0.6) is 5.75 Å². The van der Waals surface area contributed by atoms with Crippen molar-refractivity contribution in [3.05, 3.63) is 54.1 Å². The Labute approximate surface area is 211 Å². The van der Waals surface area contributed by atoms with Gasteiger partial charge in [0, 0.05) is 11.0 Å². The molecule has 0 aliphatic carbocycles. The molecule has 1 saturated heterocycles. The summed E-state index contributed by atoms with van der Waals surface area (Å²) in [7, 11) is 1.40. The molecule has 0 saturated carbocycles. The Balaban J connectivity index is 1.57. The highest BCUT2D eigenvalue weighted by atomic mass is 16.5.